The van der Waals surface area contributed by atoms with Crippen LogP contribution < -0.4 is 4.74 Å². The van der Waals surface area contributed by atoms with Gasteiger partial charge in [0.15, 0.2) is 0 Å². The predicted octanol–water partition coefficient (Wildman–Crippen LogP) is 3.87. The standard InChI is InChI=1S/C20H23N3O2S/c1-14-18(15(2)22-21-14)11-20(24)23(13-17-8-6-10-26-17)12-16-7-4-5-9-19(16)25-3/h4-10H,11-13H2,1-3H3,(H,21,22). The van der Waals surface area contributed by atoms with E-state index >= 15 is 0 Å². The highest BCUT2D eigenvalue weighted by Gasteiger charge is 2.20. The average molecular weight is 369 g/mol. The third-order valence-electron chi connectivity index (χ3n) is 4.44. The molecule has 0 saturated carbocycles. The maximum absolute atomic E-state index is 13.1. The van der Waals surface area contributed by atoms with Crippen LogP contribution in [-0.4, -0.2) is 28.1 Å². The zero-order chi connectivity index (χ0) is 18.5. The number of H-pyrrole nitrogens is 1. The van der Waals surface area contributed by atoms with Gasteiger partial charge in [-0.25, -0.2) is 0 Å². The van der Waals surface area contributed by atoms with Gasteiger partial charge in [0, 0.05) is 28.2 Å². The summed E-state index contributed by atoms with van der Waals surface area (Å²) < 4.78 is 5.45. The normalized spacial score (nSPS) is 10.7. The SMILES string of the molecule is COc1ccccc1CN(Cc1cccs1)C(=O)Cc1c(C)n[nH]c1C. The lowest BCUT2D eigenvalue weighted by Crippen LogP contribution is -2.31. The lowest BCUT2D eigenvalue weighted by molar-refractivity contribution is -0.131. The highest BCUT2D eigenvalue weighted by Crippen LogP contribution is 2.22. The van der Waals surface area contributed by atoms with E-state index in [9.17, 15) is 4.79 Å². The molecule has 3 rings (SSSR count). The molecular weight excluding hydrogens is 346 g/mol. The highest BCUT2D eigenvalue weighted by molar-refractivity contribution is 7.09. The summed E-state index contributed by atoms with van der Waals surface area (Å²) in [6.45, 7) is 4.98. The number of nitrogens with one attached hydrogen (secondary N) is 1. The largest absolute Gasteiger partial charge is 0.496 e. The number of ether oxygens (including phenoxy) is 1. The molecule has 0 atom stereocenters. The van der Waals surface area contributed by atoms with Crippen LogP contribution in [-0.2, 0) is 24.3 Å². The number of nitrogens with zero attached hydrogens (tertiary/aromatic N) is 2. The lowest BCUT2D eigenvalue weighted by Gasteiger charge is -2.23. The number of carbonyl (C=O) groups excluding carboxylic acids is 1. The monoisotopic (exact) mass is 369 g/mol. The second-order valence-electron chi connectivity index (χ2n) is 6.23. The summed E-state index contributed by atoms with van der Waals surface area (Å²) in [7, 11) is 1.66. The van der Waals surface area contributed by atoms with E-state index in [4.69, 9.17) is 4.74 Å². The number of benzene rings is 1. The van der Waals surface area contributed by atoms with Crippen molar-refractivity contribution >= 4 is 17.2 Å². The Kier molecular flexibility index (Phi) is 5.73. The van der Waals surface area contributed by atoms with Crippen molar-refractivity contribution in [2.45, 2.75) is 33.4 Å². The van der Waals surface area contributed by atoms with Crippen molar-refractivity contribution in [3.8, 4) is 5.75 Å². The van der Waals surface area contributed by atoms with Crippen molar-refractivity contribution in [3.05, 3.63) is 69.2 Å². The van der Waals surface area contributed by atoms with Crippen molar-refractivity contribution in [3.63, 3.8) is 0 Å². The van der Waals surface area contributed by atoms with Crippen LogP contribution in [0, 0.1) is 13.8 Å². The summed E-state index contributed by atoms with van der Waals surface area (Å²) in [4.78, 5) is 16.1. The van der Waals surface area contributed by atoms with Gasteiger partial charge in [-0.05, 0) is 31.4 Å². The number of methoxy groups -OCH3 is 1. The minimum absolute atomic E-state index is 0.0805. The molecule has 0 saturated heterocycles. The number of thiophene rings is 1. The number of rotatable bonds is 7. The fourth-order valence-corrected chi connectivity index (χ4v) is 3.68. The van der Waals surface area contributed by atoms with Gasteiger partial charge in [-0.1, -0.05) is 24.3 Å². The molecule has 0 spiro atoms. The Morgan fingerprint density at radius 1 is 1.19 bits per heavy atom. The summed E-state index contributed by atoms with van der Waals surface area (Å²) >= 11 is 1.66. The molecule has 0 bridgehead atoms. The molecule has 2 aromatic heterocycles. The first-order valence-corrected chi connectivity index (χ1v) is 9.39. The third kappa shape index (κ3) is 4.14. The van der Waals surface area contributed by atoms with E-state index in [1.807, 2.05) is 54.5 Å². The number of aryl methyl sites for hydroxylation is 2. The molecule has 1 amide bonds. The molecule has 0 fully saturated rings. The highest BCUT2D eigenvalue weighted by atomic mass is 32.1. The van der Waals surface area contributed by atoms with Crippen LogP contribution in [0.5, 0.6) is 5.75 Å². The van der Waals surface area contributed by atoms with Crippen molar-refractivity contribution < 1.29 is 9.53 Å². The Hall–Kier alpha value is -2.60. The van der Waals surface area contributed by atoms with E-state index in [2.05, 4.69) is 16.3 Å². The molecule has 6 heteroatoms. The number of hydrogen-bond acceptors (Lipinski definition) is 4. The van der Waals surface area contributed by atoms with Crippen LogP contribution in [0.3, 0.4) is 0 Å². The van der Waals surface area contributed by atoms with Gasteiger partial charge in [-0.3, -0.25) is 9.89 Å². The molecule has 2 heterocycles. The van der Waals surface area contributed by atoms with E-state index in [0.29, 0.717) is 19.5 Å². The van der Waals surface area contributed by atoms with Crippen LogP contribution in [0.2, 0.25) is 0 Å². The molecule has 0 aliphatic heterocycles. The van der Waals surface area contributed by atoms with E-state index < -0.39 is 0 Å². The molecule has 0 unspecified atom stereocenters. The Labute approximate surface area is 157 Å². The molecule has 1 aromatic carbocycles. The van der Waals surface area contributed by atoms with Gasteiger partial charge in [-0.15, -0.1) is 11.3 Å². The number of amides is 1. The number of hydrogen-bond donors (Lipinski definition) is 1. The fourth-order valence-electron chi connectivity index (χ4n) is 2.96. The van der Waals surface area contributed by atoms with Crippen molar-refractivity contribution in [1.82, 2.24) is 15.1 Å². The quantitative estimate of drug-likeness (QED) is 0.688. The maximum atomic E-state index is 13.1. The van der Waals surface area contributed by atoms with Crippen molar-refractivity contribution in [2.24, 2.45) is 0 Å². The van der Waals surface area contributed by atoms with Crippen molar-refractivity contribution in [1.29, 1.82) is 0 Å². The summed E-state index contributed by atoms with van der Waals surface area (Å²) in [5.41, 5.74) is 3.81. The third-order valence-corrected chi connectivity index (χ3v) is 5.30. The van der Waals surface area contributed by atoms with Gasteiger partial charge < -0.3 is 9.64 Å². The Morgan fingerprint density at radius 3 is 2.65 bits per heavy atom. The van der Waals surface area contributed by atoms with Crippen LogP contribution >= 0.6 is 11.3 Å². The first-order valence-electron chi connectivity index (χ1n) is 8.51. The fraction of sp³-hybridized carbons (Fsp3) is 0.300. The zero-order valence-corrected chi connectivity index (χ0v) is 16.1. The van der Waals surface area contributed by atoms with Gasteiger partial charge in [-0.2, -0.15) is 5.10 Å². The van der Waals surface area contributed by atoms with E-state index in [1.165, 1.54) is 0 Å². The molecule has 1 N–H and O–H groups in total. The second-order valence-corrected chi connectivity index (χ2v) is 7.26. The van der Waals surface area contributed by atoms with Crippen LogP contribution in [0.15, 0.2) is 41.8 Å². The van der Waals surface area contributed by atoms with Gasteiger partial charge in [0.05, 0.1) is 25.8 Å². The molecule has 0 radical (unpaired) electrons. The van der Waals surface area contributed by atoms with Crippen LogP contribution in [0.25, 0.3) is 0 Å². The average Bonchev–Trinajstić information content (AvgIpc) is 3.26. The Morgan fingerprint density at radius 2 is 2.00 bits per heavy atom. The molecule has 26 heavy (non-hydrogen) atoms. The van der Waals surface area contributed by atoms with Crippen LogP contribution in [0.4, 0.5) is 0 Å². The van der Waals surface area contributed by atoms with Gasteiger partial charge in [0.1, 0.15) is 5.75 Å². The zero-order valence-electron chi connectivity index (χ0n) is 15.3. The molecule has 0 aliphatic carbocycles. The molecule has 3 aromatic rings. The van der Waals surface area contributed by atoms with Crippen molar-refractivity contribution in [2.75, 3.05) is 7.11 Å². The molecular formula is C20H23N3O2S. The molecule has 5 nitrogen and oxygen atoms in total. The maximum Gasteiger partial charge on any atom is 0.227 e. The number of aromatic amines is 1. The summed E-state index contributed by atoms with van der Waals surface area (Å²) in [5.74, 6) is 0.879. The van der Waals surface area contributed by atoms with Crippen LogP contribution in [0.1, 0.15) is 27.4 Å². The van der Waals surface area contributed by atoms with Gasteiger partial charge in [0.2, 0.25) is 5.91 Å². The Bertz CT molecular complexity index is 852. The molecule has 0 aliphatic rings. The summed E-state index contributed by atoms with van der Waals surface area (Å²) in [6, 6.07) is 11.9. The van der Waals surface area contributed by atoms with Gasteiger partial charge >= 0.3 is 0 Å². The minimum atomic E-state index is 0.0805. The topological polar surface area (TPSA) is 58.2 Å². The number of carbonyl (C=O) groups is 1. The smallest absolute Gasteiger partial charge is 0.227 e. The minimum Gasteiger partial charge on any atom is -0.496 e. The number of para-hydroxylation sites is 1. The van der Waals surface area contributed by atoms with Gasteiger partial charge in [0.25, 0.3) is 0 Å². The van der Waals surface area contributed by atoms with E-state index in [1.54, 1.807) is 18.4 Å². The predicted molar refractivity (Wildman–Crippen MR) is 103 cm³/mol. The number of aromatic nitrogens is 2. The lowest BCUT2D eigenvalue weighted by atomic mass is 10.1. The Balaban J connectivity index is 1.84. The molecule has 136 valence electrons. The van der Waals surface area contributed by atoms with E-state index in [-0.39, 0.29) is 5.91 Å². The first-order chi connectivity index (χ1) is 12.6. The first kappa shape index (κ1) is 18.2. The summed E-state index contributed by atoms with van der Waals surface area (Å²) in [5, 5.41) is 9.19. The second kappa shape index (κ2) is 8.19. The van der Waals surface area contributed by atoms with E-state index in [0.717, 1.165) is 33.1 Å². The summed E-state index contributed by atoms with van der Waals surface area (Å²) in [6.07, 6.45) is 0.342.